The molecule has 1 atom stereocenters. The Balaban J connectivity index is 1.78. The van der Waals surface area contributed by atoms with Crippen LogP contribution in [0.2, 0.25) is 0 Å². The molecule has 21 heavy (non-hydrogen) atoms. The number of rotatable bonds is 5. The molecule has 0 spiro atoms. The Morgan fingerprint density at radius 3 is 3.00 bits per heavy atom. The zero-order valence-corrected chi connectivity index (χ0v) is 13.3. The molecule has 110 valence electrons. The van der Waals surface area contributed by atoms with Gasteiger partial charge in [-0.05, 0) is 19.9 Å². The maximum atomic E-state index is 5.43. The lowest BCUT2D eigenvalue weighted by Gasteiger charge is -2.17. The van der Waals surface area contributed by atoms with Gasteiger partial charge in [0.05, 0.1) is 18.5 Å². The van der Waals surface area contributed by atoms with Gasteiger partial charge in [-0.1, -0.05) is 18.2 Å². The zero-order valence-electron chi connectivity index (χ0n) is 12.5. The van der Waals surface area contributed by atoms with Gasteiger partial charge in [0.1, 0.15) is 5.75 Å². The van der Waals surface area contributed by atoms with E-state index >= 15 is 0 Å². The summed E-state index contributed by atoms with van der Waals surface area (Å²) in [6.07, 6.45) is 2.07. The summed E-state index contributed by atoms with van der Waals surface area (Å²) in [5.74, 6) is 0.920. The van der Waals surface area contributed by atoms with Gasteiger partial charge in [-0.3, -0.25) is 4.40 Å². The highest BCUT2D eigenvalue weighted by atomic mass is 32.1. The van der Waals surface area contributed by atoms with Crippen LogP contribution in [-0.2, 0) is 6.54 Å². The first kappa shape index (κ1) is 14.1. The van der Waals surface area contributed by atoms with Crippen LogP contribution in [0.4, 0.5) is 0 Å². The lowest BCUT2D eigenvalue weighted by Crippen LogP contribution is -2.20. The highest BCUT2D eigenvalue weighted by molar-refractivity contribution is 7.15. The fraction of sp³-hybridized carbons (Fsp3) is 0.312. The van der Waals surface area contributed by atoms with E-state index in [0.717, 1.165) is 22.9 Å². The highest BCUT2D eigenvalue weighted by Crippen LogP contribution is 2.25. The van der Waals surface area contributed by atoms with Crippen LogP contribution in [0.3, 0.4) is 0 Å². The normalized spacial score (nSPS) is 12.7. The van der Waals surface area contributed by atoms with Crippen molar-refractivity contribution in [3.63, 3.8) is 0 Å². The number of imidazole rings is 1. The van der Waals surface area contributed by atoms with Crippen molar-refractivity contribution in [1.29, 1.82) is 0 Å². The number of aromatic nitrogens is 2. The number of hydrogen-bond acceptors (Lipinski definition) is 4. The second-order valence-electron chi connectivity index (χ2n) is 5.04. The van der Waals surface area contributed by atoms with Crippen molar-refractivity contribution >= 4 is 16.3 Å². The molecule has 0 fully saturated rings. The van der Waals surface area contributed by atoms with Crippen LogP contribution in [0.5, 0.6) is 5.75 Å². The third-order valence-electron chi connectivity index (χ3n) is 3.74. The van der Waals surface area contributed by atoms with Crippen molar-refractivity contribution in [2.45, 2.75) is 26.4 Å². The molecule has 0 aliphatic heterocycles. The van der Waals surface area contributed by atoms with Crippen LogP contribution < -0.4 is 10.1 Å². The fourth-order valence-electron chi connectivity index (χ4n) is 2.54. The van der Waals surface area contributed by atoms with Gasteiger partial charge < -0.3 is 10.1 Å². The number of nitrogens with one attached hydrogen (secondary N) is 1. The molecule has 3 rings (SSSR count). The molecule has 4 nitrogen and oxygen atoms in total. The molecule has 0 bridgehead atoms. The van der Waals surface area contributed by atoms with E-state index in [0.29, 0.717) is 0 Å². The molecule has 0 saturated carbocycles. The predicted octanol–water partition coefficient (Wildman–Crippen LogP) is 3.56. The maximum Gasteiger partial charge on any atom is 0.194 e. The smallest absolute Gasteiger partial charge is 0.194 e. The summed E-state index contributed by atoms with van der Waals surface area (Å²) in [5.41, 5.74) is 3.47. The van der Waals surface area contributed by atoms with Crippen LogP contribution >= 0.6 is 11.3 Å². The molecular formula is C16H19N3OS. The van der Waals surface area contributed by atoms with Crippen LogP contribution in [0.15, 0.2) is 35.8 Å². The standard InChI is InChI=1S/C16H19N3OS/c1-11(13-6-4-5-7-15(13)20-3)17-10-14-12(2)18-16-19(14)8-9-21-16/h4-9,11,17H,10H2,1-3H3. The average Bonchev–Trinajstić information content (AvgIpc) is 3.05. The van der Waals surface area contributed by atoms with Gasteiger partial charge in [0.2, 0.25) is 0 Å². The number of aryl methyl sites for hydroxylation is 1. The Morgan fingerprint density at radius 1 is 1.38 bits per heavy atom. The van der Waals surface area contributed by atoms with Gasteiger partial charge in [-0.15, -0.1) is 11.3 Å². The second-order valence-corrected chi connectivity index (χ2v) is 5.92. The number of ether oxygens (including phenoxy) is 1. The third-order valence-corrected chi connectivity index (χ3v) is 4.50. The third kappa shape index (κ3) is 2.66. The van der Waals surface area contributed by atoms with Crippen molar-refractivity contribution in [3.8, 4) is 5.75 Å². The molecule has 0 aliphatic rings. The Labute approximate surface area is 128 Å². The summed E-state index contributed by atoms with van der Waals surface area (Å²) >= 11 is 1.66. The molecule has 3 aromatic rings. The van der Waals surface area contributed by atoms with E-state index in [4.69, 9.17) is 4.74 Å². The van der Waals surface area contributed by atoms with Gasteiger partial charge in [0.15, 0.2) is 4.96 Å². The first-order valence-corrected chi connectivity index (χ1v) is 7.86. The Hall–Kier alpha value is -1.85. The molecule has 0 saturated heterocycles. The van der Waals surface area contributed by atoms with Crippen molar-refractivity contribution in [2.75, 3.05) is 7.11 Å². The number of benzene rings is 1. The van der Waals surface area contributed by atoms with E-state index < -0.39 is 0 Å². The largest absolute Gasteiger partial charge is 0.496 e. The van der Waals surface area contributed by atoms with Gasteiger partial charge >= 0.3 is 0 Å². The van der Waals surface area contributed by atoms with E-state index in [-0.39, 0.29) is 6.04 Å². The fourth-order valence-corrected chi connectivity index (χ4v) is 3.32. The monoisotopic (exact) mass is 301 g/mol. The van der Waals surface area contributed by atoms with E-state index in [1.807, 2.05) is 18.2 Å². The summed E-state index contributed by atoms with van der Waals surface area (Å²) in [6, 6.07) is 8.33. The first-order chi connectivity index (χ1) is 10.2. The Kier molecular flexibility index (Phi) is 3.94. The van der Waals surface area contributed by atoms with Crippen molar-refractivity contribution in [2.24, 2.45) is 0 Å². The molecule has 0 amide bonds. The molecule has 0 aliphatic carbocycles. The number of nitrogens with zero attached hydrogens (tertiary/aromatic N) is 2. The Bertz CT molecular complexity index is 747. The highest BCUT2D eigenvalue weighted by Gasteiger charge is 2.13. The summed E-state index contributed by atoms with van der Waals surface area (Å²) < 4.78 is 7.58. The van der Waals surface area contributed by atoms with Crippen LogP contribution in [0.25, 0.3) is 4.96 Å². The van der Waals surface area contributed by atoms with Gasteiger partial charge in [-0.2, -0.15) is 0 Å². The number of thiazole rings is 1. The molecular weight excluding hydrogens is 282 g/mol. The molecule has 2 heterocycles. The molecule has 1 N–H and O–H groups in total. The predicted molar refractivity (Wildman–Crippen MR) is 86.1 cm³/mol. The second kappa shape index (κ2) is 5.87. The summed E-state index contributed by atoms with van der Waals surface area (Å²) in [7, 11) is 1.71. The van der Waals surface area contributed by atoms with Crippen molar-refractivity contribution in [1.82, 2.24) is 14.7 Å². The summed E-state index contributed by atoms with van der Waals surface area (Å²) in [4.78, 5) is 5.62. The first-order valence-electron chi connectivity index (χ1n) is 6.98. The number of fused-ring (bicyclic) bond motifs is 1. The van der Waals surface area contributed by atoms with E-state index in [1.165, 1.54) is 11.3 Å². The summed E-state index contributed by atoms with van der Waals surface area (Å²) in [6.45, 7) is 4.99. The number of methoxy groups -OCH3 is 1. The minimum Gasteiger partial charge on any atom is -0.496 e. The molecule has 2 aromatic heterocycles. The molecule has 0 radical (unpaired) electrons. The van der Waals surface area contributed by atoms with Crippen molar-refractivity contribution < 1.29 is 4.74 Å². The topological polar surface area (TPSA) is 38.6 Å². The minimum atomic E-state index is 0.213. The molecule has 1 unspecified atom stereocenters. The van der Waals surface area contributed by atoms with E-state index in [2.05, 4.69) is 46.2 Å². The van der Waals surface area contributed by atoms with E-state index in [9.17, 15) is 0 Å². The van der Waals surface area contributed by atoms with Crippen LogP contribution in [-0.4, -0.2) is 16.5 Å². The Morgan fingerprint density at radius 2 is 2.19 bits per heavy atom. The van der Waals surface area contributed by atoms with E-state index in [1.54, 1.807) is 18.4 Å². The quantitative estimate of drug-likeness (QED) is 0.783. The minimum absolute atomic E-state index is 0.213. The van der Waals surface area contributed by atoms with Crippen LogP contribution in [0, 0.1) is 6.92 Å². The van der Waals surface area contributed by atoms with Gasteiger partial charge in [0, 0.05) is 29.7 Å². The van der Waals surface area contributed by atoms with Gasteiger partial charge in [-0.25, -0.2) is 4.98 Å². The van der Waals surface area contributed by atoms with Gasteiger partial charge in [0.25, 0.3) is 0 Å². The average molecular weight is 301 g/mol. The lowest BCUT2D eigenvalue weighted by molar-refractivity contribution is 0.401. The number of para-hydroxylation sites is 1. The molecule has 5 heteroatoms. The number of hydrogen-bond donors (Lipinski definition) is 1. The summed E-state index contributed by atoms with van der Waals surface area (Å²) in [5, 5.41) is 5.63. The SMILES string of the molecule is COc1ccccc1C(C)NCc1c(C)nc2sccn12. The van der Waals surface area contributed by atoms with Crippen LogP contribution in [0.1, 0.15) is 29.9 Å². The lowest BCUT2D eigenvalue weighted by atomic mass is 10.1. The van der Waals surface area contributed by atoms with Crippen molar-refractivity contribution in [3.05, 3.63) is 52.8 Å². The maximum absolute atomic E-state index is 5.43. The molecule has 1 aromatic carbocycles. The zero-order chi connectivity index (χ0) is 14.8.